The van der Waals surface area contributed by atoms with Crippen LogP contribution in [0.5, 0.6) is 5.75 Å². The maximum atomic E-state index is 9.40. The molecule has 82 valence electrons. The minimum absolute atomic E-state index is 0.0423. The average molecular weight is 273 g/mol. The molecule has 3 nitrogen and oxygen atoms in total. The SMILES string of the molecule is COC1C(O)CC1Oc1cccc(Br)c1. The second-order valence-electron chi connectivity index (χ2n) is 3.62. The highest BCUT2D eigenvalue weighted by atomic mass is 79.9. The molecule has 1 aliphatic carbocycles. The van der Waals surface area contributed by atoms with Crippen LogP contribution < -0.4 is 4.74 Å². The Bertz CT molecular complexity index is 342. The summed E-state index contributed by atoms with van der Waals surface area (Å²) in [5, 5.41) is 9.40. The summed E-state index contributed by atoms with van der Waals surface area (Å²) in [6.45, 7) is 0. The molecule has 0 aromatic heterocycles. The summed E-state index contributed by atoms with van der Waals surface area (Å²) >= 11 is 3.38. The van der Waals surface area contributed by atoms with Gasteiger partial charge in [-0.3, -0.25) is 0 Å². The van der Waals surface area contributed by atoms with Gasteiger partial charge >= 0.3 is 0 Å². The molecule has 0 radical (unpaired) electrons. The standard InChI is InChI=1S/C11H13BrO3/c1-14-11-9(13)6-10(11)15-8-4-2-3-7(12)5-8/h2-5,9-11,13H,6H2,1H3. The summed E-state index contributed by atoms with van der Waals surface area (Å²) in [4.78, 5) is 0. The maximum Gasteiger partial charge on any atom is 0.130 e. The monoisotopic (exact) mass is 272 g/mol. The number of benzene rings is 1. The van der Waals surface area contributed by atoms with E-state index in [1.54, 1.807) is 7.11 Å². The van der Waals surface area contributed by atoms with E-state index in [1.165, 1.54) is 0 Å². The second kappa shape index (κ2) is 4.51. The molecule has 1 N–H and O–H groups in total. The number of ether oxygens (including phenoxy) is 2. The molecule has 2 rings (SSSR count). The van der Waals surface area contributed by atoms with E-state index < -0.39 is 6.10 Å². The Hall–Kier alpha value is -0.580. The van der Waals surface area contributed by atoms with Gasteiger partial charge in [0.15, 0.2) is 0 Å². The molecule has 3 unspecified atom stereocenters. The molecule has 0 heterocycles. The van der Waals surface area contributed by atoms with Crippen LogP contribution in [0.15, 0.2) is 28.7 Å². The Morgan fingerprint density at radius 1 is 1.47 bits per heavy atom. The first-order valence-electron chi connectivity index (χ1n) is 4.84. The Morgan fingerprint density at radius 3 is 2.87 bits per heavy atom. The van der Waals surface area contributed by atoms with Gasteiger partial charge in [-0.05, 0) is 18.2 Å². The summed E-state index contributed by atoms with van der Waals surface area (Å²) < 4.78 is 11.8. The van der Waals surface area contributed by atoms with E-state index in [2.05, 4.69) is 15.9 Å². The fraction of sp³-hybridized carbons (Fsp3) is 0.455. The molecule has 0 aliphatic heterocycles. The number of aliphatic hydroxyl groups excluding tert-OH is 1. The van der Waals surface area contributed by atoms with Gasteiger partial charge in [0.05, 0.1) is 6.10 Å². The first kappa shape index (κ1) is 10.9. The fourth-order valence-corrected chi connectivity index (χ4v) is 2.08. The van der Waals surface area contributed by atoms with Gasteiger partial charge in [-0.2, -0.15) is 0 Å². The van der Waals surface area contributed by atoms with Crippen LogP contribution in [0.25, 0.3) is 0 Å². The molecule has 0 bridgehead atoms. The van der Waals surface area contributed by atoms with Gasteiger partial charge in [-0.25, -0.2) is 0 Å². The highest BCUT2D eigenvalue weighted by Crippen LogP contribution is 2.29. The van der Waals surface area contributed by atoms with Crippen molar-refractivity contribution in [1.82, 2.24) is 0 Å². The number of methoxy groups -OCH3 is 1. The average Bonchev–Trinajstić information content (AvgIpc) is 2.17. The van der Waals surface area contributed by atoms with E-state index in [1.807, 2.05) is 24.3 Å². The maximum absolute atomic E-state index is 9.40. The first-order valence-corrected chi connectivity index (χ1v) is 5.63. The van der Waals surface area contributed by atoms with Crippen molar-refractivity contribution in [1.29, 1.82) is 0 Å². The topological polar surface area (TPSA) is 38.7 Å². The lowest BCUT2D eigenvalue weighted by atomic mass is 9.88. The van der Waals surface area contributed by atoms with Gasteiger partial charge in [-0.1, -0.05) is 22.0 Å². The molecule has 1 saturated carbocycles. The van der Waals surface area contributed by atoms with E-state index >= 15 is 0 Å². The van der Waals surface area contributed by atoms with Crippen molar-refractivity contribution in [2.75, 3.05) is 7.11 Å². The molecular formula is C11H13BrO3. The third-order valence-electron chi connectivity index (χ3n) is 2.58. The van der Waals surface area contributed by atoms with Gasteiger partial charge in [0, 0.05) is 18.0 Å². The molecular weight excluding hydrogens is 260 g/mol. The van der Waals surface area contributed by atoms with Crippen LogP contribution in [0.2, 0.25) is 0 Å². The molecule has 1 aromatic rings. The fourth-order valence-electron chi connectivity index (χ4n) is 1.70. The normalized spacial score (nSPS) is 29.7. The van der Waals surface area contributed by atoms with Gasteiger partial charge in [0.2, 0.25) is 0 Å². The third-order valence-corrected chi connectivity index (χ3v) is 3.07. The van der Waals surface area contributed by atoms with Crippen LogP contribution in [0, 0.1) is 0 Å². The van der Waals surface area contributed by atoms with Crippen LogP contribution in [0.3, 0.4) is 0 Å². The van der Waals surface area contributed by atoms with E-state index in [4.69, 9.17) is 9.47 Å². The number of hydrogen-bond acceptors (Lipinski definition) is 3. The van der Waals surface area contributed by atoms with E-state index in [-0.39, 0.29) is 12.2 Å². The molecule has 1 fully saturated rings. The van der Waals surface area contributed by atoms with Crippen LogP contribution >= 0.6 is 15.9 Å². The predicted octanol–water partition coefficient (Wildman–Crippen LogP) is 1.98. The zero-order valence-corrected chi connectivity index (χ0v) is 9.98. The number of aliphatic hydroxyl groups is 1. The predicted molar refractivity (Wildman–Crippen MR) is 60.0 cm³/mol. The largest absolute Gasteiger partial charge is 0.487 e. The van der Waals surface area contributed by atoms with Crippen LogP contribution in [0.1, 0.15) is 6.42 Å². The molecule has 0 spiro atoms. The quantitative estimate of drug-likeness (QED) is 0.915. The van der Waals surface area contributed by atoms with Crippen LogP contribution in [-0.4, -0.2) is 30.5 Å². The Labute approximate surface area is 97.1 Å². The van der Waals surface area contributed by atoms with Crippen molar-refractivity contribution in [2.24, 2.45) is 0 Å². The Balaban J connectivity index is 1.98. The second-order valence-corrected chi connectivity index (χ2v) is 4.53. The number of rotatable bonds is 3. The zero-order valence-electron chi connectivity index (χ0n) is 8.39. The van der Waals surface area contributed by atoms with Gasteiger partial charge < -0.3 is 14.6 Å². The number of hydrogen-bond donors (Lipinski definition) is 1. The Kier molecular flexibility index (Phi) is 3.29. The smallest absolute Gasteiger partial charge is 0.130 e. The van der Waals surface area contributed by atoms with E-state index in [0.29, 0.717) is 6.42 Å². The molecule has 1 aliphatic rings. The lowest BCUT2D eigenvalue weighted by Gasteiger charge is -2.39. The van der Waals surface area contributed by atoms with E-state index in [0.717, 1.165) is 10.2 Å². The van der Waals surface area contributed by atoms with E-state index in [9.17, 15) is 5.11 Å². The zero-order chi connectivity index (χ0) is 10.8. The third kappa shape index (κ3) is 2.33. The summed E-state index contributed by atoms with van der Waals surface area (Å²) in [5.41, 5.74) is 0. The molecule has 4 heteroatoms. The first-order chi connectivity index (χ1) is 7.20. The Morgan fingerprint density at radius 2 is 2.27 bits per heavy atom. The highest BCUT2D eigenvalue weighted by Gasteiger charge is 2.42. The summed E-state index contributed by atoms with van der Waals surface area (Å²) in [6.07, 6.45) is -0.0131. The van der Waals surface area contributed by atoms with Crippen LogP contribution in [0.4, 0.5) is 0 Å². The summed E-state index contributed by atoms with van der Waals surface area (Å²) in [6, 6.07) is 7.65. The molecule has 3 atom stereocenters. The van der Waals surface area contributed by atoms with Crippen molar-refractivity contribution < 1.29 is 14.6 Å². The van der Waals surface area contributed by atoms with Gasteiger partial charge in [0.25, 0.3) is 0 Å². The summed E-state index contributed by atoms with van der Waals surface area (Å²) in [7, 11) is 1.59. The lowest BCUT2D eigenvalue weighted by Crippen LogP contribution is -2.54. The van der Waals surface area contributed by atoms with Crippen molar-refractivity contribution in [2.45, 2.75) is 24.7 Å². The lowest BCUT2D eigenvalue weighted by molar-refractivity contribution is -0.149. The summed E-state index contributed by atoms with van der Waals surface area (Å²) in [5.74, 6) is 0.795. The molecule has 0 amide bonds. The van der Waals surface area contributed by atoms with Crippen molar-refractivity contribution in [3.8, 4) is 5.75 Å². The molecule has 1 aromatic carbocycles. The van der Waals surface area contributed by atoms with Gasteiger partial charge in [-0.15, -0.1) is 0 Å². The van der Waals surface area contributed by atoms with Gasteiger partial charge in [0.1, 0.15) is 18.0 Å². The minimum Gasteiger partial charge on any atom is -0.487 e. The van der Waals surface area contributed by atoms with Crippen molar-refractivity contribution in [3.05, 3.63) is 28.7 Å². The van der Waals surface area contributed by atoms with Crippen molar-refractivity contribution >= 4 is 15.9 Å². The number of halogens is 1. The molecule has 0 saturated heterocycles. The molecule has 15 heavy (non-hydrogen) atoms. The van der Waals surface area contributed by atoms with Crippen molar-refractivity contribution in [3.63, 3.8) is 0 Å². The van der Waals surface area contributed by atoms with Crippen LogP contribution in [-0.2, 0) is 4.74 Å². The highest BCUT2D eigenvalue weighted by molar-refractivity contribution is 9.10. The minimum atomic E-state index is -0.396.